The van der Waals surface area contributed by atoms with Crippen molar-refractivity contribution < 1.29 is 4.79 Å². The van der Waals surface area contributed by atoms with Crippen LogP contribution in [0.5, 0.6) is 0 Å². The minimum Gasteiger partial charge on any atom is -0.357 e. The third kappa shape index (κ3) is 7.31. The molecule has 0 aliphatic rings. The van der Waals surface area contributed by atoms with Crippen molar-refractivity contribution in [1.82, 2.24) is 16.0 Å². The van der Waals surface area contributed by atoms with Gasteiger partial charge in [0.1, 0.15) is 0 Å². The Balaban J connectivity index is 2.31. The molecule has 0 bridgehead atoms. The van der Waals surface area contributed by atoms with Crippen LogP contribution in [-0.4, -0.2) is 38.0 Å². The van der Waals surface area contributed by atoms with Crippen LogP contribution in [0.2, 0.25) is 5.02 Å². The van der Waals surface area contributed by atoms with E-state index in [-0.39, 0.29) is 5.91 Å². The Kier molecular flexibility index (Phi) is 9.07. The van der Waals surface area contributed by atoms with Gasteiger partial charge in [0.15, 0.2) is 5.96 Å². The average Bonchev–Trinajstić information content (AvgIpc) is 2.52. The van der Waals surface area contributed by atoms with Crippen LogP contribution in [0.25, 0.3) is 0 Å². The van der Waals surface area contributed by atoms with E-state index in [1.54, 1.807) is 24.3 Å². The molecule has 0 unspecified atom stereocenters. The lowest BCUT2D eigenvalue weighted by molar-refractivity contribution is 0.0954. The number of carbonyl (C=O) groups excluding carboxylic acids is 1. The van der Waals surface area contributed by atoms with Crippen molar-refractivity contribution >= 4 is 23.5 Å². The number of rotatable bonds is 8. The highest BCUT2D eigenvalue weighted by Crippen LogP contribution is 2.08. The van der Waals surface area contributed by atoms with Gasteiger partial charge in [-0.1, -0.05) is 24.9 Å². The minimum absolute atomic E-state index is 0.105. The van der Waals surface area contributed by atoms with E-state index in [2.05, 4.69) is 27.9 Å². The smallest absolute Gasteiger partial charge is 0.251 e. The fourth-order valence-corrected chi connectivity index (χ4v) is 1.88. The maximum absolute atomic E-state index is 11.9. The summed E-state index contributed by atoms with van der Waals surface area (Å²) in [5.74, 6) is 0.683. The topological polar surface area (TPSA) is 65.5 Å². The number of guanidine groups is 1. The van der Waals surface area contributed by atoms with Crippen LogP contribution in [0.1, 0.15) is 37.0 Å². The van der Waals surface area contributed by atoms with Gasteiger partial charge < -0.3 is 16.0 Å². The first-order valence-corrected chi connectivity index (χ1v) is 8.11. The van der Waals surface area contributed by atoms with E-state index in [9.17, 15) is 4.79 Å². The van der Waals surface area contributed by atoms with Gasteiger partial charge in [-0.3, -0.25) is 9.79 Å². The summed E-state index contributed by atoms with van der Waals surface area (Å²) in [6, 6.07) is 6.83. The number of hydrogen-bond acceptors (Lipinski definition) is 2. The second-order valence-corrected chi connectivity index (χ2v) is 5.24. The molecule has 0 fully saturated rings. The van der Waals surface area contributed by atoms with Crippen molar-refractivity contribution in [1.29, 1.82) is 0 Å². The summed E-state index contributed by atoms with van der Waals surface area (Å²) in [7, 11) is 0. The molecule has 0 saturated heterocycles. The lowest BCUT2D eigenvalue weighted by Crippen LogP contribution is -2.41. The van der Waals surface area contributed by atoms with Crippen molar-refractivity contribution in [2.45, 2.75) is 26.7 Å². The van der Waals surface area contributed by atoms with Crippen molar-refractivity contribution in [2.75, 3.05) is 26.2 Å². The summed E-state index contributed by atoms with van der Waals surface area (Å²) in [5.41, 5.74) is 0.605. The van der Waals surface area contributed by atoms with Gasteiger partial charge in [-0.2, -0.15) is 0 Å². The quantitative estimate of drug-likeness (QED) is 0.391. The Morgan fingerprint density at radius 1 is 1.09 bits per heavy atom. The molecular weight excluding hydrogens is 300 g/mol. The molecule has 1 aromatic carbocycles. The summed E-state index contributed by atoms with van der Waals surface area (Å²) >= 11 is 5.80. The molecule has 0 aromatic heterocycles. The molecule has 0 aliphatic heterocycles. The van der Waals surface area contributed by atoms with Crippen LogP contribution in [0.3, 0.4) is 0 Å². The molecule has 0 saturated carbocycles. The third-order valence-corrected chi connectivity index (χ3v) is 3.19. The number of nitrogens with one attached hydrogen (secondary N) is 3. The molecule has 0 atom stereocenters. The molecule has 3 N–H and O–H groups in total. The largest absolute Gasteiger partial charge is 0.357 e. The second-order valence-electron chi connectivity index (χ2n) is 4.80. The van der Waals surface area contributed by atoms with Gasteiger partial charge in [0.05, 0.1) is 0 Å². The number of benzene rings is 1. The summed E-state index contributed by atoms with van der Waals surface area (Å²) < 4.78 is 0. The average molecular weight is 325 g/mol. The van der Waals surface area contributed by atoms with E-state index in [4.69, 9.17) is 11.6 Å². The zero-order valence-corrected chi connectivity index (χ0v) is 14.0. The second kappa shape index (κ2) is 10.9. The fourth-order valence-electron chi connectivity index (χ4n) is 1.75. The van der Waals surface area contributed by atoms with Crippen LogP contribution in [0.15, 0.2) is 29.3 Å². The summed E-state index contributed by atoms with van der Waals surface area (Å²) in [6.45, 7) is 6.94. The number of halogens is 1. The van der Waals surface area contributed by atoms with Gasteiger partial charge in [-0.05, 0) is 37.6 Å². The Morgan fingerprint density at radius 3 is 2.41 bits per heavy atom. The molecule has 22 heavy (non-hydrogen) atoms. The summed E-state index contributed by atoms with van der Waals surface area (Å²) in [6.07, 6.45) is 2.20. The molecule has 6 heteroatoms. The predicted molar refractivity (Wildman–Crippen MR) is 92.7 cm³/mol. The molecule has 0 radical (unpaired) electrons. The van der Waals surface area contributed by atoms with E-state index in [0.29, 0.717) is 23.7 Å². The molecule has 0 heterocycles. The van der Waals surface area contributed by atoms with Crippen molar-refractivity contribution in [3.63, 3.8) is 0 Å². The van der Waals surface area contributed by atoms with Gasteiger partial charge in [-0.15, -0.1) is 0 Å². The molecule has 1 aromatic rings. The van der Waals surface area contributed by atoms with Crippen LogP contribution >= 0.6 is 11.6 Å². The minimum atomic E-state index is -0.105. The normalized spacial score (nSPS) is 11.1. The SMILES string of the molecule is CCCCN=C(NCC)NCCNC(=O)c1ccc(Cl)cc1. The predicted octanol–water partition coefficient (Wildman–Crippen LogP) is 2.43. The first-order chi connectivity index (χ1) is 10.7. The highest BCUT2D eigenvalue weighted by Gasteiger charge is 2.04. The molecule has 1 amide bonds. The van der Waals surface area contributed by atoms with Crippen LogP contribution in [0, 0.1) is 0 Å². The number of amides is 1. The Bertz CT molecular complexity index is 474. The van der Waals surface area contributed by atoms with Crippen molar-refractivity contribution in [3.8, 4) is 0 Å². The highest BCUT2D eigenvalue weighted by atomic mass is 35.5. The van der Waals surface area contributed by atoms with E-state index in [1.807, 2.05) is 6.92 Å². The Labute approximate surface area is 137 Å². The molecule has 1 rings (SSSR count). The molecule has 5 nitrogen and oxygen atoms in total. The van der Waals surface area contributed by atoms with E-state index in [0.717, 1.165) is 31.9 Å². The van der Waals surface area contributed by atoms with Crippen LogP contribution in [-0.2, 0) is 0 Å². The lowest BCUT2D eigenvalue weighted by Gasteiger charge is -2.11. The standard InChI is InChI=1S/C16H25ClN4O/c1-3-5-10-20-16(18-4-2)21-12-11-19-15(22)13-6-8-14(17)9-7-13/h6-9H,3-5,10-12H2,1-2H3,(H,19,22)(H2,18,20,21). The van der Waals surface area contributed by atoms with Gasteiger partial charge in [-0.25, -0.2) is 0 Å². The van der Waals surface area contributed by atoms with E-state index >= 15 is 0 Å². The number of hydrogen-bond donors (Lipinski definition) is 3. The first kappa shape index (κ1) is 18.3. The summed E-state index contributed by atoms with van der Waals surface area (Å²) in [4.78, 5) is 16.4. The zero-order valence-electron chi connectivity index (χ0n) is 13.3. The van der Waals surface area contributed by atoms with Gasteiger partial charge in [0, 0.05) is 36.8 Å². The van der Waals surface area contributed by atoms with E-state index in [1.165, 1.54) is 0 Å². The molecule has 122 valence electrons. The van der Waals surface area contributed by atoms with Crippen molar-refractivity contribution in [3.05, 3.63) is 34.9 Å². The fraction of sp³-hybridized carbons (Fsp3) is 0.500. The highest BCUT2D eigenvalue weighted by molar-refractivity contribution is 6.30. The number of aliphatic imine (C=N–C) groups is 1. The lowest BCUT2D eigenvalue weighted by atomic mass is 10.2. The third-order valence-electron chi connectivity index (χ3n) is 2.94. The zero-order chi connectivity index (χ0) is 16.2. The number of nitrogens with zero attached hydrogens (tertiary/aromatic N) is 1. The molecule has 0 spiro atoms. The monoisotopic (exact) mass is 324 g/mol. The van der Waals surface area contributed by atoms with Crippen LogP contribution in [0.4, 0.5) is 0 Å². The maximum atomic E-state index is 11.9. The summed E-state index contributed by atoms with van der Waals surface area (Å²) in [5, 5.41) is 9.86. The van der Waals surface area contributed by atoms with Crippen molar-refractivity contribution in [2.24, 2.45) is 4.99 Å². The van der Waals surface area contributed by atoms with Crippen LogP contribution < -0.4 is 16.0 Å². The van der Waals surface area contributed by atoms with E-state index < -0.39 is 0 Å². The molecular formula is C16H25ClN4O. The maximum Gasteiger partial charge on any atom is 0.251 e. The first-order valence-electron chi connectivity index (χ1n) is 7.73. The Hall–Kier alpha value is -1.75. The van der Waals surface area contributed by atoms with Gasteiger partial charge >= 0.3 is 0 Å². The number of unbranched alkanes of at least 4 members (excludes halogenated alkanes) is 1. The van der Waals surface area contributed by atoms with Gasteiger partial charge in [0.2, 0.25) is 0 Å². The molecule has 0 aliphatic carbocycles. The Morgan fingerprint density at radius 2 is 1.77 bits per heavy atom. The van der Waals surface area contributed by atoms with Gasteiger partial charge in [0.25, 0.3) is 5.91 Å². The number of carbonyl (C=O) groups is 1.